The third kappa shape index (κ3) is 3.12. The first-order valence-corrected chi connectivity index (χ1v) is 10.0. The molecule has 0 atom stereocenters. The van der Waals surface area contributed by atoms with Crippen LogP contribution in [0, 0.1) is 5.92 Å². The van der Waals surface area contributed by atoms with Crippen LogP contribution in [0.15, 0.2) is 47.4 Å². The average molecular weight is 377 g/mol. The summed E-state index contributed by atoms with van der Waals surface area (Å²) in [4.78, 5) is 14.2. The molecule has 7 heteroatoms. The molecule has 1 N–H and O–H groups in total. The molecule has 0 unspecified atom stereocenters. The van der Waals surface area contributed by atoms with E-state index in [0.717, 1.165) is 30.5 Å². The molecular formula is C18H17ClN2O3S. The van der Waals surface area contributed by atoms with E-state index in [4.69, 9.17) is 11.6 Å². The van der Waals surface area contributed by atoms with Gasteiger partial charge in [-0.1, -0.05) is 23.7 Å². The van der Waals surface area contributed by atoms with Gasteiger partial charge in [0.1, 0.15) is 4.90 Å². The lowest BCUT2D eigenvalue weighted by Gasteiger charge is -2.17. The number of sulfonamides is 1. The van der Waals surface area contributed by atoms with Gasteiger partial charge in [0.25, 0.3) is 10.0 Å². The average Bonchev–Trinajstić information content (AvgIpc) is 3.34. The van der Waals surface area contributed by atoms with E-state index in [1.165, 1.54) is 6.07 Å². The highest BCUT2D eigenvalue weighted by Crippen LogP contribution is 2.37. The highest BCUT2D eigenvalue weighted by Gasteiger charge is 2.36. The van der Waals surface area contributed by atoms with E-state index in [9.17, 15) is 13.2 Å². The van der Waals surface area contributed by atoms with Crippen molar-refractivity contribution in [2.75, 3.05) is 16.2 Å². The number of fused-ring (bicyclic) bond motifs is 1. The van der Waals surface area contributed by atoms with Gasteiger partial charge >= 0.3 is 0 Å². The molecule has 2 aliphatic rings. The van der Waals surface area contributed by atoms with Crippen molar-refractivity contribution >= 4 is 38.9 Å². The lowest BCUT2D eigenvalue weighted by atomic mass is 10.1. The number of hydrogen-bond donors (Lipinski definition) is 1. The van der Waals surface area contributed by atoms with Crippen molar-refractivity contribution in [1.29, 1.82) is 0 Å². The third-order valence-corrected chi connectivity index (χ3v) is 6.43. The summed E-state index contributed by atoms with van der Waals surface area (Å²) < 4.78 is 27.6. The van der Waals surface area contributed by atoms with Gasteiger partial charge in [-0.15, -0.1) is 0 Å². The minimum absolute atomic E-state index is 0.0442. The summed E-state index contributed by atoms with van der Waals surface area (Å²) in [6, 6.07) is 11.6. The fourth-order valence-electron chi connectivity index (χ4n) is 3.12. The molecule has 2 aromatic rings. The van der Waals surface area contributed by atoms with Crippen LogP contribution in [0.3, 0.4) is 0 Å². The van der Waals surface area contributed by atoms with Crippen LogP contribution in [0.25, 0.3) is 0 Å². The molecule has 0 radical (unpaired) electrons. The van der Waals surface area contributed by atoms with E-state index in [1.54, 1.807) is 30.3 Å². The van der Waals surface area contributed by atoms with E-state index in [-0.39, 0.29) is 21.7 Å². The third-order valence-electron chi connectivity index (χ3n) is 4.55. The van der Waals surface area contributed by atoms with Crippen LogP contribution < -0.4 is 9.62 Å². The predicted molar refractivity (Wildman–Crippen MR) is 97.5 cm³/mol. The number of halogens is 1. The number of carbonyl (C=O) groups is 1. The Labute approximate surface area is 151 Å². The van der Waals surface area contributed by atoms with Gasteiger partial charge in [0.2, 0.25) is 5.91 Å². The van der Waals surface area contributed by atoms with Gasteiger partial charge in [-0.2, -0.15) is 0 Å². The van der Waals surface area contributed by atoms with E-state index in [0.29, 0.717) is 12.2 Å². The van der Waals surface area contributed by atoms with Gasteiger partial charge in [-0.3, -0.25) is 9.52 Å². The quantitative estimate of drug-likeness (QED) is 0.888. The highest BCUT2D eigenvalue weighted by atomic mass is 35.5. The molecular weight excluding hydrogens is 360 g/mol. The Morgan fingerprint density at radius 3 is 2.64 bits per heavy atom. The van der Waals surface area contributed by atoms with Gasteiger partial charge in [-0.25, -0.2) is 8.42 Å². The molecule has 1 saturated carbocycles. The first-order chi connectivity index (χ1) is 12.0. The summed E-state index contributed by atoms with van der Waals surface area (Å²) >= 11 is 5.99. The van der Waals surface area contributed by atoms with E-state index in [2.05, 4.69) is 4.72 Å². The van der Waals surface area contributed by atoms with Crippen LogP contribution in [0.4, 0.5) is 11.4 Å². The molecule has 130 valence electrons. The van der Waals surface area contributed by atoms with Crippen molar-refractivity contribution in [2.45, 2.75) is 24.2 Å². The second kappa shape index (κ2) is 6.04. The molecule has 1 fully saturated rings. The monoisotopic (exact) mass is 376 g/mol. The van der Waals surface area contributed by atoms with Crippen LogP contribution >= 0.6 is 11.6 Å². The Hall–Kier alpha value is -2.05. The predicted octanol–water partition coefficient (Wildman–Crippen LogP) is 3.44. The molecule has 0 spiro atoms. The lowest BCUT2D eigenvalue weighted by molar-refractivity contribution is -0.119. The van der Waals surface area contributed by atoms with Crippen molar-refractivity contribution in [3.05, 3.63) is 53.1 Å². The second-order valence-corrected chi connectivity index (χ2v) is 8.45. The Bertz CT molecular complexity index is 955. The van der Waals surface area contributed by atoms with Crippen LogP contribution in [0.2, 0.25) is 5.02 Å². The second-order valence-electron chi connectivity index (χ2n) is 6.39. The number of anilines is 2. The number of amides is 1. The van der Waals surface area contributed by atoms with E-state index in [1.807, 2.05) is 11.0 Å². The largest absolute Gasteiger partial charge is 0.312 e. The maximum atomic E-state index is 12.5. The Kier molecular flexibility index (Phi) is 3.96. The number of benzene rings is 2. The molecule has 0 aromatic heterocycles. The Morgan fingerprint density at radius 1 is 1.16 bits per heavy atom. The zero-order valence-corrected chi connectivity index (χ0v) is 15.0. The van der Waals surface area contributed by atoms with Crippen molar-refractivity contribution in [3.8, 4) is 0 Å². The Morgan fingerprint density at radius 2 is 1.92 bits per heavy atom. The summed E-state index contributed by atoms with van der Waals surface area (Å²) in [5, 5.41) is 0.178. The highest BCUT2D eigenvalue weighted by molar-refractivity contribution is 7.92. The van der Waals surface area contributed by atoms with Gasteiger partial charge < -0.3 is 4.90 Å². The molecule has 0 bridgehead atoms. The summed E-state index contributed by atoms with van der Waals surface area (Å²) in [6.07, 6.45) is 2.68. The van der Waals surface area contributed by atoms with Gasteiger partial charge in [0, 0.05) is 23.8 Å². The number of hydrogen-bond acceptors (Lipinski definition) is 3. The first kappa shape index (κ1) is 16.4. The van der Waals surface area contributed by atoms with Crippen LogP contribution in [-0.4, -0.2) is 20.9 Å². The van der Waals surface area contributed by atoms with Gasteiger partial charge in [0.15, 0.2) is 0 Å². The molecule has 5 nitrogen and oxygen atoms in total. The molecule has 0 saturated heterocycles. The molecule has 4 rings (SSSR count). The summed E-state index contributed by atoms with van der Waals surface area (Å²) in [5.74, 6) is 0.354. The molecule has 1 heterocycles. The fourth-order valence-corrected chi connectivity index (χ4v) is 4.69. The van der Waals surface area contributed by atoms with E-state index >= 15 is 0 Å². The SMILES string of the molecule is O=C(C1CC1)N1CCc2cc(NS(=O)(=O)c3ccccc3Cl)ccc21. The number of nitrogens with one attached hydrogen (secondary N) is 1. The molecule has 1 aliphatic carbocycles. The van der Waals surface area contributed by atoms with Crippen molar-refractivity contribution in [2.24, 2.45) is 5.92 Å². The van der Waals surface area contributed by atoms with Crippen LogP contribution in [-0.2, 0) is 21.2 Å². The maximum Gasteiger partial charge on any atom is 0.263 e. The van der Waals surface area contributed by atoms with E-state index < -0.39 is 10.0 Å². The summed E-state index contributed by atoms with van der Waals surface area (Å²) in [7, 11) is -3.76. The minimum atomic E-state index is -3.76. The zero-order valence-electron chi connectivity index (χ0n) is 13.4. The molecule has 25 heavy (non-hydrogen) atoms. The zero-order chi connectivity index (χ0) is 17.6. The fraction of sp³-hybridized carbons (Fsp3) is 0.278. The van der Waals surface area contributed by atoms with Crippen LogP contribution in [0.5, 0.6) is 0 Å². The number of carbonyl (C=O) groups excluding carboxylic acids is 1. The normalized spacial score (nSPS) is 16.6. The topological polar surface area (TPSA) is 66.5 Å². The maximum absolute atomic E-state index is 12.5. The van der Waals surface area contributed by atoms with Crippen molar-refractivity contribution in [3.63, 3.8) is 0 Å². The summed E-state index contributed by atoms with van der Waals surface area (Å²) in [6.45, 7) is 0.658. The standard InChI is InChI=1S/C18H17ClN2O3S/c19-15-3-1-2-4-17(15)25(23,24)20-14-7-8-16-13(11-14)9-10-21(16)18(22)12-5-6-12/h1-4,7-8,11-12,20H,5-6,9-10H2. The molecule has 1 aliphatic heterocycles. The molecule has 1 amide bonds. The van der Waals surface area contributed by atoms with Crippen molar-refractivity contribution < 1.29 is 13.2 Å². The Balaban J connectivity index is 1.59. The number of rotatable bonds is 4. The van der Waals surface area contributed by atoms with Crippen molar-refractivity contribution in [1.82, 2.24) is 0 Å². The summed E-state index contributed by atoms with van der Waals surface area (Å²) in [5.41, 5.74) is 2.34. The van der Waals surface area contributed by atoms with Crippen LogP contribution in [0.1, 0.15) is 18.4 Å². The van der Waals surface area contributed by atoms with Gasteiger partial charge in [0.05, 0.1) is 5.02 Å². The van der Waals surface area contributed by atoms with Gasteiger partial charge in [-0.05, 0) is 55.2 Å². The number of nitrogens with zero attached hydrogens (tertiary/aromatic N) is 1. The smallest absolute Gasteiger partial charge is 0.263 e. The minimum Gasteiger partial charge on any atom is -0.312 e. The molecule has 2 aromatic carbocycles. The first-order valence-electron chi connectivity index (χ1n) is 8.17. The lowest BCUT2D eigenvalue weighted by Crippen LogP contribution is -2.30.